The molecule has 0 saturated carbocycles. The molecular weight excluding hydrogens is 467 g/mol. The van der Waals surface area contributed by atoms with Gasteiger partial charge >= 0.3 is 0 Å². The minimum absolute atomic E-state index is 0. The lowest BCUT2D eigenvalue weighted by Crippen LogP contribution is -2.43. The number of guanidine groups is 1. The van der Waals surface area contributed by atoms with Gasteiger partial charge in [-0.3, -0.25) is 4.99 Å². The second-order valence-corrected chi connectivity index (χ2v) is 7.42. The van der Waals surface area contributed by atoms with Gasteiger partial charge in [0.1, 0.15) is 5.75 Å². The van der Waals surface area contributed by atoms with Crippen LogP contribution in [0.4, 0.5) is 0 Å². The fourth-order valence-electron chi connectivity index (χ4n) is 3.60. The van der Waals surface area contributed by atoms with Crippen LogP contribution in [0.3, 0.4) is 0 Å². The molecule has 1 unspecified atom stereocenters. The van der Waals surface area contributed by atoms with E-state index >= 15 is 0 Å². The number of benzene rings is 1. The van der Waals surface area contributed by atoms with Crippen LogP contribution in [-0.2, 0) is 4.74 Å². The first-order valence-electron chi connectivity index (χ1n) is 9.85. The number of likely N-dealkylation sites (N-methyl/N-ethyl adjacent to an activating group) is 1. The summed E-state index contributed by atoms with van der Waals surface area (Å²) in [5.74, 6) is 2.62. The molecule has 160 valence electrons. The molecule has 1 aliphatic heterocycles. The third-order valence-electron chi connectivity index (χ3n) is 5.36. The number of nitrogens with one attached hydrogen (secondary N) is 1. The lowest BCUT2D eigenvalue weighted by Gasteiger charge is -2.30. The molecule has 0 aliphatic carbocycles. The van der Waals surface area contributed by atoms with Crippen LogP contribution in [0.5, 0.6) is 5.75 Å². The Hall–Kier alpha value is -1.06. The van der Waals surface area contributed by atoms with E-state index in [-0.39, 0.29) is 30.0 Å². The van der Waals surface area contributed by atoms with Crippen LogP contribution in [0, 0.1) is 5.92 Å². The SMILES string of the molecule is CN=C(NCC(c1ccccc1OC)N(C)C)N(C)CCC1CCOCC1.I. The molecule has 0 spiro atoms. The molecule has 1 aromatic rings. The summed E-state index contributed by atoms with van der Waals surface area (Å²) in [6, 6.07) is 8.40. The highest BCUT2D eigenvalue weighted by molar-refractivity contribution is 14.0. The molecule has 1 aliphatic rings. The Balaban J connectivity index is 0.00000392. The van der Waals surface area contributed by atoms with Crippen molar-refractivity contribution >= 4 is 29.9 Å². The van der Waals surface area contributed by atoms with Crippen molar-refractivity contribution in [3.05, 3.63) is 29.8 Å². The molecule has 1 saturated heterocycles. The number of nitrogens with zero attached hydrogens (tertiary/aromatic N) is 3. The smallest absolute Gasteiger partial charge is 0.193 e. The van der Waals surface area contributed by atoms with Crippen molar-refractivity contribution in [1.82, 2.24) is 15.1 Å². The summed E-state index contributed by atoms with van der Waals surface area (Å²) < 4.78 is 11.0. The summed E-state index contributed by atoms with van der Waals surface area (Å²) in [5.41, 5.74) is 1.18. The van der Waals surface area contributed by atoms with Gasteiger partial charge in [-0.15, -0.1) is 24.0 Å². The number of rotatable bonds is 8. The van der Waals surface area contributed by atoms with Gasteiger partial charge < -0.3 is 24.6 Å². The Bertz CT molecular complexity index is 592. The van der Waals surface area contributed by atoms with Crippen LogP contribution >= 0.6 is 24.0 Å². The van der Waals surface area contributed by atoms with Crippen LogP contribution in [0.1, 0.15) is 30.9 Å². The van der Waals surface area contributed by atoms with Crippen molar-refractivity contribution in [2.75, 3.05) is 61.6 Å². The lowest BCUT2D eigenvalue weighted by atomic mass is 9.96. The Labute approximate surface area is 187 Å². The Morgan fingerprint density at radius 3 is 2.54 bits per heavy atom. The minimum Gasteiger partial charge on any atom is -0.496 e. The van der Waals surface area contributed by atoms with Crippen molar-refractivity contribution in [2.45, 2.75) is 25.3 Å². The number of halogens is 1. The summed E-state index contributed by atoms with van der Waals surface area (Å²) in [4.78, 5) is 8.91. The topological polar surface area (TPSA) is 49.3 Å². The predicted molar refractivity (Wildman–Crippen MR) is 127 cm³/mol. The third-order valence-corrected chi connectivity index (χ3v) is 5.36. The molecule has 2 rings (SSSR count). The number of hydrogen-bond donors (Lipinski definition) is 1. The van der Waals surface area contributed by atoms with E-state index in [0.29, 0.717) is 0 Å². The first-order valence-corrected chi connectivity index (χ1v) is 9.85. The minimum atomic E-state index is 0. The van der Waals surface area contributed by atoms with E-state index in [4.69, 9.17) is 9.47 Å². The maximum absolute atomic E-state index is 5.56. The summed E-state index contributed by atoms with van der Waals surface area (Å²) in [6.07, 6.45) is 3.54. The highest BCUT2D eigenvalue weighted by Crippen LogP contribution is 2.27. The zero-order valence-corrected chi connectivity index (χ0v) is 20.3. The van der Waals surface area contributed by atoms with Crippen molar-refractivity contribution < 1.29 is 9.47 Å². The van der Waals surface area contributed by atoms with Crippen molar-refractivity contribution in [1.29, 1.82) is 0 Å². The molecule has 1 N–H and O–H groups in total. The Morgan fingerprint density at radius 1 is 1.25 bits per heavy atom. The average Bonchev–Trinajstić information content (AvgIpc) is 2.70. The van der Waals surface area contributed by atoms with E-state index in [0.717, 1.165) is 43.9 Å². The molecule has 0 aromatic heterocycles. The Morgan fingerprint density at radius 2 is 1.93 bits per heavy atom. The van der Waals surface area contributed by atoms with Gasteiger partial charge in [0, 0.05) is 46.0 Å². The van der Waals surface area contributed by atoms with Crippen LogP contribution in [-0.4, -0.2) is 77.4 Å². The molecule has 0 bridgehead atoms. The van der Waals surface area contributed by atoms with E-state index in [1.165, 1.54) is 24.8 Å². The van der Waals surface area contributed by atoms with E-state index < -0.39 is 0 Å². The monoisotopic (exact) mass is 504 g/mol. The van der Waals surface area contributed by atoms with Crippen molar-refractivity contribution in [2.24, 2.45) is 10.9 Å². The summed E-state index contributed by atoms with van der Waals surface area (Å²) in [6.45, 7) is 3.59. The van der Waals surface area contributed by atoms with E-state index in [9.17, 15) is 0 Å². The van der Waals surface area contributed by atoms with E-state index in [1.807, 2.05) is 19.2 Å². The molecule has 6 nitrogen and oxygen atoms in total. The highest BCUT2D eigenvalue weighted by Gasteiger charge is 2.20. The maximum Gasteiger partial charge on any atom is 0.193 e. The van der Waals surface area contributed by atoms with E-state index in [2.05, 4.69) is 53.4 Å². The summed E-state index contributed by atoms with van der Waals surface area (Å²) in [5, 5.41) is 3.54. The number of methoxy groups -OCH3 is 1. The number of hydrogen-bond acceptors (Lipinski definition) is 4. The first-order chi connectivity index (χ1) is 13.1. The third kappa shape index (κ3) is 7.40. The fourth-order valence-corrected chi connectivity index (χ4v) is 3.60. The first kappa shape index (κ1) is 25.0. The largest absolute Gasteiger partial charge is 0.496 e. The highest BCUT2D eigenvalue weighted by atomic mass is 127. The van der Waals surface area contributed by atoms with Gasteiger partial charge in [0.25, 0.3) is 0 Å². The zero-order valence-electron chi connectivity index (χ0n) is 18.0. The van der Waals surface area contributed by atoms with Crippen LogP contribution in [0.25, 0.3) is 0 Å². The summed E-state index contributed by atoms with van der Waals surface area (Å²) in [7, 11) is 9.87. The van der Waals surface area contributed by atoms with Crippen LogP contribution in [0.2, 0.25) is 0 Å². The molecule has 1 fully saturated rings. The van der Waals surface area contributed by atoms with Gasteiger partial charge in [-0.1, -0.05) is 18.2 Å². The van der Waals surface area contributed by atoms with Crippen LogP contribution in [0.15, 0.2) is 29.3 Å². The van der Waals surface area contributed by atoms with Gasteiger partial charge in [-0.05, 0) is 45.3 Å². The van der Waals surface area contributed by atoms with E-state index in [1.54, 1.807) is 7.11 Å². The summed E-state index contributed by atoms with van der Waals surface area (Å²) >= 11 is 0. The number of ether oxygens (including phenoxy) is 2. The zero-order chi connectivity index (χ0) is 19.6. The molecule has 28 heavy (non-hydrogen) atoms. The van der Waals surface area contributed by atoms with Gasteiger partial charge in [0.2, 0.25) is 0 Å². The molecule has 0 radical (unpaired) electrons. The predicted octanol–water partition coefficient (Wildman–Crippen LogP) is 3.24. The van der Waals surface area contributed by atoms with Crippen molar-refractivity contribution in [3.8, 4) is 5.75 Å². The maximum atomic E-state index is 5.56. The Kier molecular flexibility index (Phi) is 11.8. The number of aliphatic imine (C=N–C) groups is 1. The molecule has 7 heteroatoms. The molecule has 1 atom stereocenters. The van der Waals surface area contributed by atoms with Gasteiger partial charge in [0.05, 0.1) is 13.2 Å². The molecule has 1 aromatic carbocycles. The molecule has 0 amide bonds. The average molecular weight is 504 g/mol. The quantitative estimate of drug-likeness (QED) is 0.335. The lowest BCUT2D eigenvalue weighted by molar-refractivity contribution is 0.0625. The van der Waals surface area contributed by atoms with Crippen LogP contribution < -0.4 is 10.1 Å². The second kappa shape index (κ2) is 13.2. The number of para-hydroxylation sites is 1. The van der Waals surface area contributed by atoms with Gasteiger partial charge in [-0.25, -0.2) is 0 Å². The standard InChI is InChI=1S/C21H36N4O2.HI/c1-22-21(25(4)13-10-17-11-14-27-15-12-17)23-16-19(24(2)3)18-8-6-7-9-20(18)26-5;/h6-9,17,19H,10-16H2,1-5H3,(H,22,23);1H. The van der Waals surface area contributed by atoms with Gasteiger partial charge in [0.15, 0.2) is 5.96 Å². The normalized spacial score (nSPS) is 16.4. The molecular formula is C21H37IN4O2. The molecule has 1 heterocycles. The van der Waals surface area contributed by atoms with Crippen molar-refractivity contribution in [3.63, 3.8) is 0 Å². The second-order valence-electron chi connectivity index (χ2n) is 7.42. The van der Waals surface area contributed by atoms with Gasteiger partial charge in [-0.2, -0.15) is 0 Å². The fraction of sp³-hybridized carbons (Fsp3) is 0.667.